The number of carbonyl (C=O) groups excluding carboxylic acids is 1. The summed E-state index contributed by atoms with van der Waals surface area (Å²) in [5.41, 5.74) is 1.58. The van der Waals surface area contributed by atoms with Gasteiger partial charge in [0.15, 0.2) is 5.78 Å². The molecule has 2 bridgehead atoms. The Bertz CT molecular complexity index is 455. The Morgan fingerprint density at radius 3 is 2.61 bits per heavy atom. The van der Waals surface area contributed by atoms with Crippen LogP contribution in [-0.2, 0) is 4.79 Å². The van der Waals surface area contributed by atoms with Crippen molar-refractivity contribution >= 4 is 33.3 Å². The van der Waals surface area contributed by atoms with Crippen LogP contribution in [0.1, 0.15) is 46.5 Å². The fraction of sp³-hybridized carbons (Fsp3) is 0.800. The van der Waals surface area contributed by atoms with E-state index in [0.717, 1.165) is 12.8 Å². The number of fused-ring (bicyclic) bond motifs is 2. The van der Waals surface area contributed by atoms with E-state index in [4.69, 9.17) is 11.6 Å². The average molecular weight is 332 g/mol. The Labute approximate surface area is 122 Å². The fourth-order valence-electron chi connectivity index (χ4n) is 4.41. The topological polar surface area (TPSA) is 17.1 Å². The van der Waals surface area contributed by atoms with Crippen molar-refractivity contribution in [3.05, 3.63) is 11.6 Å². The Morgan fingerprint density at radius 1 is 1.33 bits per heavy atom. The maximum atomic E-state index is 12.2. The fourth-order valence-corrected chi connectivity index (χ4v) is 5.45. The molecule has 100 valence electrons. The molecule has 4 rings (SSSR count). The number of allylic oxidation sites excluding steroid dienone is 2. The van der Waals surface area contributed by atoms with Gasteiger partial charge in [0.1, 0.15) is 0 Å². The summed E-state index contributed by atoms with van der Waals surface area (Å²) < 4.78 is 0. The van der Waals surface area contributed by atoms with Crippen LogP contribution in [0.5, 0.6) is 0 Å². The summed E-state index contributed by atoms with van der Waals surface area (Å²) in [4.78, 5) is 12.2. The Balaban J connectivity index is 2.18. The van der Waals surface area contributed by atoms with Crippen LogP contribution < -0.4 is 0 Å². The molecular formula is C15H20BrClO. The predicted octanol–water partition coefficient (Wildman–Crippen LogP) is 4.47. The zero-order valence-corrected chi connectivity index (χ0v) is 13.6. The molecule has 0 N–H and O–H groups in total. The van der Waals surface area contributed by atoms with Crippen LogP contribution in [-0.4, -0.2) is 16.0 Å². The molecule has 0 saturated heterocycles. The summed E-state index contributed by atoms with van der Waals surface area (Å²) in [5.74, 6) is 0.333. The lowest BCUT2D eigenvalue weighted by Gasteiger charge is -2.63. The standard InChI is InChI=1S/C15H20BrClO/c1-13(2)12(16)10(18)6-9-7-14(3)4-5-15(9,13)8-11(14)17/h7,11-12H,4-6,8H2,1-3H3/t11-,12-,14?,15?/m0/s1. The number of ketones is 1. The van der Waals surface area contributed by atoms with E-state index in [9.17, 15) is 4.79 Å². The van der Waals surface area contributed by atoms with Crippen LogP contribution in [0.2, 0.25) is 0 Å². The van der Waals surface area contributed by atoms with Crippen molar-refractivity contribution in [2.45, 2.75) is 56.7 Å². The minimum absolute atomic E-state index is 0.0338. The van der Waals surface area contributed by atoms with Crippen LogP contribution in [0.25, 0.3) is 0 Å². The van der Waals surface area contributed by atoms with Crippen LogP contribution in [0.15, 0.2) is 11.6 Å². The molecule has 18 heavy (non-hydrogen) atoms. The van der Waals surface area contributed by atoms with Gasteiger partial charge >= 0.3 is 0 Å². The predicted molar refractivity (Wildman–Crippen MR) is 78.2 cm³/mol. The second kappa shape index (κ2) is 3.63. The molecular weight excluding hydrogens is 312 g/mol. The van der Waals surface area contributed by atoms with E-state index >= 15 is 0 Å². The van der Waals surface area contributed by atoms with Gasteiger partial charge in [-0.2, -0.15) is 0 Å². The van der Waals surface area contributed by atoms with Crippen LogP contribution in [0.4, 0.5) is 0 Å². The zero-order chi connectivity index (χ0) is 13.3. The molecule has 4 atom stereocenters. The molecule has 0 aromatic heterocycles. The molecule has 0 heterocycles. The largest absolute Gasteiger partial charge is 0.298 e. The van der Waals surface area contributed by atoms with Gasteiger partial charge in [0.2, 0.25) is 0 Å². The minimum Gasteiger partial charge on any atom is -0.298 e. The number of halogens is 2. The zero-order valence-electron chi connectivity index (χ0n) is 11.2. The van der Waals surface area contributed by atoms with Crippen LogP contribution in [0.3, 0.4) is 0 Å². The molecule has 0 aromatic rings. The molecule has 2 fully saturated rings. The first-order valence-electron chi connectivity index (χ1n) is 6.76. The molecule has 4 aliphatic rings. The van der Waals surface area contributed by atoms with E-state index in [1.54, 1.807) is 0 Å². The van der Waals surface area contributed by atoms with Crippen LogP contribution >= 0.6 is 27.5 Å². The smallest absolute Gasteiger partial charge is 0.151 e. The lowest BCUT2D eigenvalue weighted by atomic mass is 9.43. The van der Waals surface area contributed by atoms with Crippen LogP contribution in [0, 0.1) is 16.2 Å². The number of Topliss-reactive ketones (excluding diaryl/α,β-unsaturated/α-hetero) is 1. The number of alkyl halides is 2. The van der Waals surface area contributed by atoms with Crippen molar-refractivity contribution in [2.24, 2.45) is 16.2 Å². The van der Waals surface area contributed by atoms with Gasteiger partial charge in [-0.3, -0.25) is 4.79 Å². The first kappa shape index (κ1) is 13.2. The van der Waals surface area contributed by atoms with Gasteiger partial charge in [-0.15, -0.1) is 11.6 Å². The van der Waals surface area contributed by atoms with Crippen molar-refractivity contribution in [3.63, 3.8) is 0 Å². The molecule has 0 amide bonds. The van der Waals surface area contributed by atoms with Gasteiger partial charge in [-0.1, -0.05) is 48.4 Å². The number of hydrogen-bond acceptors (Lipinski definition) is 1. The Kier molecular flexibility index (Phi) is 2.66. The highest BCUT2D eigenvalue weighted by Crippen LogP contribution is 2.68. The first-order chi connectivity index (χ1) is 8.23. The second-order valence-corrected chi connectivity index (χ2v) is 8.60. The minimum atomic E-state index is -0.0386. The molecule has 0 radical (unpaired) electrons. The SMILES string of the molecule is CC12C=C3CC(=O)[C@H](Br)C(C)(C)C3(CC1)C[C@@H]2Cl. The molecule has 4 aliphatic carbocycles. The molecule has 3 heteroatoms. The highest BCUT2D eigenvalue weighted by atomic mass is 79.9. The number of carbonyl (C=O) groups is 1. The highest BCUT2D eigenvalue weighted by Gasteiger charge is 2.63. The average Bonchev–Trinajstić information content (AvgIpc) is 2.28. The lowest BCUT2D eigenvalue weighted by molar-refractivity contribution is -0.126. The Hall–Kier alpha value is 0.180. The van der Waals surface area contributed by atoms with E-state index in [2.05, 4.69) is 42.8 Å². The van der Waals surface area contributed by atoms with E-state index in [0.29, 0.717) is 12.2 Å². The summed E-state index contributed by atoms with van der Waals surface area (Å²) in [6.45, 7) is 6.71. The van der Waals surface area contributed by atoms with Gasteiger partial charge in [0.25, 0.3) is 0 Å². The third-order valence-electron chi connectivity index (χ3n) is 5.97. The maximum absolute atomic E-state index is 12.2. The van der Waals surface area contributed by atoms with Crippen molar-refractivity contribution in [2.75, 3.05) is 0 Å². The molecule has 2 unspecified atom stereocenters. The van der Waals surface area contributed by atoms with E-state index in [-0.39, 0.29) is 26.4 Å². The summed E-state index contributed by atoms with van der Waals surface area (Å²) in [5, 5.41) is 0.210. The molecule has 0 aliphatic heterocycles. The van der Waals surface area contributed by atoms with Gasteiger partial charge in [0, 0.05) is 17.2 Å². The number of rotatable bonds is 0. The Morgan fingerprint density at radius 2 is 2.00 bits per heavy atom. The molecule has 1 nitrogen and oxygen atoms in total. The maximum Gasteiger partial charge on any atom is 0.151 e. The number of hydrogen-bond donors (Lipinski definition) is 0. The molecule has 0 aromatic carbocycles. The van der Waals surface area contributed by atoms with Crippen molar-refractivity contribution in [3.8, 4) is 0 Å². The van der Waals surface area contributed by atoms with E-state index in [1.807, 2.05) is 0 Å². The molecule has 1 spiro atoms. The summed E-state index contributed by atoms with van der Waals surface area (Å²) >= 11 is 10.3. The summed E-state index contributed by atoms with van der Waals surface area (Å²) in [7, 11) is 0. The first-order valence-corrected chi connectivity index (χ1v) is 8.11. The van der Waals surface area contributed by atoms with Crippen molar-refractivity contribution < 1.29 is 4.79 Å². The summed E-state index contributed by atoms with van der Waals surface area (Å²) in [6, 6.07) is 0. The second-order valence-electron chi connectivity index (χ2n) is 7.16. The van der Waals surface area contributed by atoms with E-state index < -0.39 is 0 Å². The summed E-state index contributed by atoms with van der Waals surface area (Å²) in [6.07, 6.45) is 6.33. The monoisotopic (exact) mass is 330 g/mol. The van der Waals surface area contributed by atoms with Gasteiger partial charge in [0.05, 0.1) is 4.83 Å². The van der Waals surface area contributed by atoms with Gasteiger partial charge in [-0.25, -0.2) is 0 Å². The van der Waals surface area contributed by atoms with Gasteiger partial charge < -0.3 is 0 Å². The van der Waals surface area contributed by atoms with Crippen molar-refractivity contribution in [1.29, 1.82) is 0 Å². The molecule has 2 saturated carbocycles. The normalized spacial score (nSPS) is 49.8. The lowest BCUT2D eigenvalue weighted by Crippen LogP contribution is -2.59. The van der Waals surface area contributed by atoms with E-state index in [1.165, 1.54) is 12.0 Å². The van der Waals surface area contributed by atoms with Gasteiger partial charge in [-0.05, 0) is 30.1 Å². The third-order valence-corrected chi connectivity index (χ3v) is 8.27. The highest BCUT2D eigenvalue weighted by molar-refractivity contribution is 9.10. The third kappa shape index (κ3) is 1.37. The van der Waals surface area contributed by atoms with Crippen molar-refractivity contribution in [1.82, 2.24) is 0 Å². The quantitative estimate of drug-likeness (QED) is 0.473.